The van der Waals surface area contributed by atoms with E-state index < -0.39 is 0 Å². The van der Waals surface area contributed by atoms with Gasteiger partial charge in [-0.15, -0.1) is 0 Å². The molecular weight excluding hydrogens is 282 g/mol. The van der Waals surface area contributed by atoms with E-state index in [0.29, 0.717) is 6.04 Å². The number of fused-ring (bicyclic) bond motifs is 1. The first-order chi connectivity index (χ1) is 11.4. The first kappa shape index (κ1) is 16.3. The molecule has 0 atom stereocenters. The van der Waals surface area contributed by atoms with E-state index in [1.807, 2.05) is 0 Å². The highest BCUT2D eigenvalue weighted by Gasteiger charge is 2.13. The van der Waals surface area contributed by atoms with Gasteiger partial charge in [-0.1, -0.05) is 62.4 Å². The fourth-order valence-corrected chi connectivity index (χ4v) is 3.70. The molecule has 1 fully saturated rings. The molecule has 0 aromatic heterocycles. The average Bonchev–Trinajstić information content (AvgIpc) is 2.55. The summed E-state index contributed by atoms with van der Waals surface area (Å²) in [4.78, 5) is 0. The fraction of sp³-hybridized carbons (Fsp3) is 0.524. The van der Waals surface area contributed by atoms with Crippen molar-refractivity contribution in [3.8, 4) is 5.75 Å². The standard InChI is InChI=1S/C21H29NO/c1-2-23-21-15-14-17-10-8-9-13-19(17)20(21)16-22-18-11-6-4-3-5-7-12-18/h8-10,13-15,18,22H,2-7,11-12,16H2,1H3. The highest BCUT2D eigenvalue weighted by atomic mass is 16.5. The largest absolute Gasteiger partial charge is 0.494 e. The molecule has 0 heterocycles. The third kappa shape index (κ3) is 4.26. The van der Waals surface area contributed by atoms with Crippen molar-refractivity contribution in [2.24, 2.45) is 0 Å². The second-order valence-corrected chi connectivity index (χ2v) is 6.62. The average molecular weight is 311 g/mol. The number of benzene rings is 2. The van der Waals surface area contributed by atoms with Crippen LogP contribution in [0.5, 0.6) is 5.75 Å². The molecule has 1 N–H and O–H groups in total. The Bertz CT molecular complexity index is 614. The van der Waals surface area contributed by atoms with Crippen LogP contribution in [0.15, 0.2) is 36.4 Å². The van der Waals surface area contributed by atoms with Gasteiger partial charge in [0, 0.05) is 18.2 Å². The number of hydrogen-bond acceptors (Lipinski definition) is 2. The van der Waals surface area contributed by atoms with Crippen LogP contribution in [0.3, 0.4) is 0 Å². The van der Waals surface area contributed by atoms with Crippen LogP contribution in [-0.2, 0) is 6.54 Å². The molecule has 1 aliphatic carbocycles. The molecular formula is C21H29NO. The minimum atomic E-state index is 0.656. The Morgan fingerprint density at radius 1 is 0.957 bits per heavy atom. The molecule has 23 heavy (non-hydrogen) atoms. The highest BCUT2D eigenvalue weighted by molar-refractivity contribution is 5.87. The maximum absolute atomic E-state index is 5.89. The van der Waals surface area contributed by atoms with Gasteiger partial charge in [-0.05, 0) is 36.6 Å². The summed E-state index contributed by atoms with van der Waals surface area (Å²) in [7, 11) is 0. The molecule has 0 saturated heterocycles. The molecule has 0 bridgehead atoms. The molecule has 3 rings (SSSR count). The van der Waals surface area contributed by atoms with Crippen LogP contribution in [0.25, 0.3) is 10.8 Å². The summed E-state index contributed by atoms with van der Waals surface area (Å²) in [6.45, 7) is 3.68. The topological polar surface area (TPSA) is 21.3 Å². The van der Waals surface area contributed by atoms with E-state index in [1.54, 1.807) is 0 Å². The SMILES string of the molecule is CCOc1ccc2ccccc2c1CNC1CCCCCCC1. The van der Waals surface area contributed by atoms with E-state index in [0.717, 1.165) is 18.9 Å². The van der Waals surface area contributed by atoms with E-state index in [1.165, 1.54) is 61.3 Å². The molecule has 2 nitrogen and oxygen atoms in total. The van der Waals surface area contributed by atoms with Gasteiger partial charge < -0.3 is 10.1 Å². The molecule has 0 spiro atoms. The lowest BCUT2D eigenvalue weighted by molar-refractivity contribution is 0.333. The zero-order chi connectivity index (χ0) is 15.9. The molecule has 0 unspecified atom stereocenters. The van der Waals surface area contributed by atoms with Gasteiger partial charge in [0.05, 0.1) is 6.61 Å². The Kier molecular flexibility index (Phi) is 5.93. The molecule has 124 valence electrons. The second-order valence-electron chi connectivity index (χ2n) is 6.62. The van der Waals surface area contributed by atoms with Gasteiger partial charge in [0.2, 0.25) is 0 Å². The summed E-state index contributed by atoms with van der Waals surface area (Å²) >= 11 is 0. The first-order valence-corrected chi connectivity index (χ1v) is 9.25. The molecule has 2 aromatic carbocycles. The number of hydrogen-bond donors (Lipinski definition) is 1. The number of nitrogens with one attached hydrogen (secondary N) is 1. The summed E-state index contributed by atoms with van der Waals surface area (Å²) in [6, 6.07) is 13.6. The van der Waals surface area contributed by atoms with Crippen molar-refractivity contribution in [1.29, 1.82) is 0 Å². The molecule has 0 radical (unpaired) electrons. The number of ether oxygens (including phenoxy) is 1. The van der Waals surface area contributed by atoms with Gasteiger partial charge >= 0.3 is 0 Å². The molecule has 1 saturated carbocycles. The quantitative estimate of drug-likeness (QED) is 0.793. The second kappa shape index (κ2) is 8.35. The Balaban J connectivity index is 1.78. The minimum Gasteiger partial charge on any atom is -0.494 e. The van der Waals surface area contributed by atoms with Crippen molar-refractivity contribution in [2.75, 3.05) is 6.61 Å². The molecule has 0 amide bonds. The van der Waals surface area contributed by atoms with Crippen LogP contribution in [0.2, 0.25) is 0 Å². The fourth-order valence-electron chi connectivity index (χ4n) is 3.70. The monoisotopic (exact) mass is 311 g/mol. The van der Waals surface area contributed by atoms with Gasteiger partial charge in [0.1, 0.15) is 5.75 Å². The van der Waals surface area contributed by atoms with Gasteiger partial charge in [0.25, 0.3) is 0 Å². The van der Waals surface area contributed by atoms with Crippen LogP contribution in [0, 0.1) is 0 Å². The lowest BCUT2D eigenvalue weighted by Crippen LogP contribution is -2.29. The molecule has 2 aromatic rings. The third-order valence-corrected chi connectivity index (χ3v) is 4.97. The Hall–Kier alpha value is -1.54. The molecule has 0 aliphatic heterocycles. The lowest BCUT2D eigenvalue weighted by atomic mass is 9.96. The normalized spacial score (nSPS) is 16.9. The maximum Gasteiger partial charge on any atom is 0.124 e. The van der Waals surface area contributed by atoms with Gasteiger partial charge in [-0.2, -0.15) is 0 Å². The van der Waals surface area contributed by atoms with Crippen LogP contribution >= 0.6 is 0 Å². The van der Waals surface area contributed by atoms with Crippen LogP contribution in [0.1, 0.15) is 57.4 Å². The minimum absolute atomic E-state index is 0.656. The van der Waals surface area contributed by atoms with Crippen molar-refractivity contribution in [3.63, 3.8) is 0 Å². The van der Waals surface area contributed by atoms with Crippen molar-refractivity contribution in [1.82, 2.24) is 5.32 Å². The lowest BCUT2D eigenvalue weighted by Gasteiger charge is -2.22. The summed E-state index contributed by atoms with van der Waals surface area (Å²) in [5.74, 6) is 1.03. The van der Waals surface area contributed by atoms with Crippen molar-refractivity contribution in [2.45, 2.75) is 64.5 Å². The molecule has 2 heteroatoms. The summed E-state index contributed by atoms with van der Waals surface area (Å²) in [6.07, 6.45) is 9.58. The predicted octanol–water partition coefficient (Wildman–Crippen LogP) is 5.44. The van der Waals surface area contributed by atoms with E-state index in [2.05, 4.69) is 48.6 Å². The Morgan fingerprint density at radius 2 is 1.70 bits per heavy atom. The summed E-state index contributed by atoms with van der Waals surface area (Å²) in [5.41, 5.74) is 1.31. The van der Waals surface area contributed by atoms with Gasteiger partial charge in [0.15, 0.2) is 0 Å². The summed E-state index contributed by atoms with van der Waals surface area (Å²) in [5, 5.41) is 6.43. The number of rotatable bonds is 5. The molecule has 1 aliphatic rings. The van der Waals surface area contributed by atoms with Crippen molar-refractivity contribution in [3.05, 3.63) is 42.0 Å². The van der Waals surface area contributed by atoms with Gasteiger partial charge in [-0.25, -0.2) is 0 Å². The van der Waals surface area contributed by atoms with E-state index >= 15 is 0 Å². The van der Waals surface area contributed by atoms with E-state index in [-0.39, 0.29) is 0 Å². The van der Waals surface area contributed by atoms with Gasteiger partial charge in [-0.3, -0.25) is 0 Å². The summed E-state index contributed by atoms with van der Waals surface area (Å²) < 4.78 is 5.89. The van der Waals surface area contributed by atoms with Crippen LogP contribution in [0.4, 0.5) is 0 Å². The van der Waals surface area contributed by atoms with Crippen molar-refractivity contribution < 1.29 is 4.74 Å². The maximum atomic E-state index is 5.89. The third-order valence-electron chi connectivity index (χ3n) is 4.97. The Labute approximate surface area is 140 Å². The first-order valence-electron chi connectivity index (χ1n) is 9.25. The van der Waals surface area contributed by atoms with Crippen LogP contribution < -0.4 is 10.1 Å². The highest BCUT2D eigenvalue weighted by Crippen LogP contribution is 2.28. The van der Waals surface area contributed by atoms with Crippen molar-refractivity contribution >= 4 is 10.8 Å². The zero-order valence-electron chi connectivity index (χ0n) is 14.3. The van der Waals surface area contributed by atoms with Crippen LogP contribution in [-0.4, -0.2) is 12.6 Å². The Morgan fingerprint density at radius 3 is 2.48 bits per heavy atom. The predicted molar refractivity (Wildman–Crippen MR) is 98.1 cm³/mol. The smallest absolute Gasteiger partial charge is 0.124 e. The zero-order valence-corrected chi connectivity index (χ0v) is 14.3. The van der Waals surface area contributed by atoms with E-state index in [4.69, 9.17) is 4.74 Å². The van der Waals surface area contributed by atoms with E-state index in [9.17, 15) is 0 Å².